The summed E-state index contributed by atoms with van der Waals surface area (Å²) >= 11 is 0. The zero-order chi connectivity index (χ0) is 38.6. The van der Waals surface area contributed by atoms with Crippen LogP contribution < -0.4 is 10.1 Å². The quantitative estimate of drug-likeness (QED) is 0.123. The van der Waals surface area contributed by atoms with Crippen molar-refractivity contribution in [2.75, 3.05) is 19.0 Å². The molecule has 2 amide bonds. The van der Waals surface area contributed by atoms with E-state index in [1.54, 1.807) is 12.0 Å². The Balaban J connectivity index is 1.28. The minimum absolute atomic E-state index is 0.00141. The first-order valence-electron chi connectivity index (χ1n) is 20.5. The fraction of sp³-hybridized carbons (Fsp3) is 0.458. The second-order valence-electron chi connectivity index (χ2n) is 16.8. The van der Waals surface area contributed by atoms with Crippen LogP contribution in [0.25, 0.3) is 10.8 Å². The molecule has 0 heterocycles. The van der Waals surface area contributed by atoms with E-state index in [2.05, 4.69) is 67.7 Å². The molecule has 4 atom stereocenters. The summed E-state index contributed by atoms with van der Waals surface area (Å²) in [7, 11) is 1.62. The molecule has 0 radical (unpaired) electrons. The predicted molar refractivity (Wildman–Crippen MR) is 221 cm³/mol. The lowest BCUT2D eigenvalue weighted by molar-refractivity contribution is -0.0773. The molecule has 4 aliphatic carbocycles. The Kier molecular flexibility index (Phi) is 11.8. The number of amides is 2. The molecule has 290 valence electrons. The molecule has 2 saturated carbocycles. The number of Topliss-reactive ketones (excluding diaryl/α,β-unsaturated/α-hetero) is 1. The number of aliphatic hydroxyl groups is 2. The smallest absolute Gasteiger partial charge is 0.322 e. The Morgan fingerprint density at radius 1 is 0.909 bits per heavy atom. The second-order valence-corrected chi connectivity index (χ2v) is 16.8. The third-order valence-electron chi connectivity index (χ3n) is 13.2. The van der Waals surface area contributed by atoms with E-state index in [4.69, 9.17) is 4.74 Å². The Bertz CT molecular complexity index is 2010. The largest absolute Gasteiger partial charge is 0.497 e. The van der Waals surface area contributed by atoms with Crippen LogP contribution in [0, 0.1) is 11.3 Å². The van der Waals surface area contributed by atoms with E-state index in [-0.39, 0.29) is 30.2 Å². The molecule has 4 aromatic carbocycles. The summed E-state index contributed by atoms with van der Waals surface area (Å²) < 4.78 is 5.35. The molecule has 4 aromatic rings. The number of hydrogen-bond acceptors (Lipinski definition) is 5. The topological polar surface area (TPSA) is 99.1 Å². The molecule has 7 nitrogen and oxygen atoms in total. The number of nitrogens with one attached hydrogen (secondary N) is 1. The number of fused-ring (bicyclic) bond motifs is 9. The normalized spacial score (nSPS) is 24.8. The number of methoxy groups -OCH3 is 1. The highest BCUT2D eigenvalue weighted by Crippen LogP contribution is 2.59. The first-order valence-corrected chi connectivity index (χ1v) is 20.5. The minimum atomic E-state index is -1.25. The standard InChI is InChI=1S/C48H58N2O5/c1-33-11-10-27-47(2)44(42-25-19-34(29-39(51)22-18-33)30-43(42)45(52)36-13-5-4-6-14-36)26-28-48(47,54)32-50(46(53)49-38-20-23-40(55-3)24-21-38)31-37-16-9-15-35-12-7-8-17-41(35)37/h7-9,11-12,15-17,19-21,23-25,30,36,39,44,51,54H,4-6,10,13-14,18,22,26-29,31-32H2,1-3H3,(H,49,53). The van der Waals surface area contributed by atoms with Crippen molar-refractivity contribution >= 4 is 28.3 Å². The number of allylic oxidation sites excluding steroid dienone is 2. The Labute approximate surface area is 326 Å². The number of ketones is 1. The summed E-state index contributed by atoms with van der Waals surface area (Å²) in [6.45, 7) is 4.77. The van der Waals surface area contributed by atoms with Gasteiger partial charge in [0.15, 0.2) is 5.78 Å². The molecule has 0 saturated heterocycles. The van der Waals surface area contributed by atoms with Gasteiger partial charge in [-0.3, -0.25) is 4.79 Å². The number of ether oxygens (including phenoxy) is 1. The maximum Gasteiger partial charge on any atom is 0.322 e. The molecular formula is C48H58N2O5. The van der Waals surface area contributed by atoms with E-state index < -0.39 is 17.1 Å². The van der Waals surface area contributed by atoms with Gasteiger partial charge in [0.2, 0.25) is 0 Å². The van der Waals surface area contributed by atoms with Gasteiger partial charge >= 0.3 is 6.03 Å². The fourth-order valence-corrected chi connectivity index (χ4v) is 9.83. The lowest BCUT2D eigenvalue weighted by Crippen LogP contribution is -2.54. The van der Waals surface area contributed by atoms with Crippen LogP contribution in [0.1, 0.15) is 117 Å². The number of rotatable bonds is 8. The first kappa shape index (κ1) is 38.8. The number of carbonyl (C=O) groups excluding carboxylic acids is 2. The third kappa shape index (κ3) is 8.39. The van der Waals surface area contributed by atoms with Crippen LogP contribution >= 0.6 is 0 Å². The summed E-state index contributed by atoms with van der Waals surface area (Å²) in [5.74, 6) is 0.817. The van der Waals surface area contributed by atoms with Crippen molar-refractivity contribution in [3.05, 3.63) is 119 Å². The molecule has 0 aliphatic heterocycles. The van der Waals surface area contributed by atoms with Gasteiger partial charge in [-0.1, -0.05) is 92.4 Å². The number of carbonyl (C=O) groups is 2. The van der Waals surface area contributed by atoms with Crippen LogP contribution in [0.3, 0.4) is 0 Å². The number of aliphatic hydroxyl groups excluding tert-OH is 1. The molecule has 2 fully saturated rings. The van der Waals surface area contributed by atoms with E-state index in [1.165, 1.54) is 12.0 Å². The summed E-state index contributed by atoms with van der Waals surface area (Å²) in [6, 6.07) is 27.7. The Morgan fingerprint density at radius 3 is 2.45 bits per heavy atom. The predicted octanol–water partition coefficient (Wildman–Crippen LogP) is 10.4. The van der Waals surface area contributed by atoms with Gasteiger partial charge < -0.3 is 25.2 Å². The average Bonchev–Trinajstić information content (AvgIpc) is 3.45. The van der Waals surface area contributed by atoms with Crippen molar-refractivity contribution in [1.29, 1.82) is 0 Å². The van der Waals surface area contributed by atoms with Crippen molar-refractivity contribution in [2.45, 2.75) is 115 Å². The van der Waals surface area contributed by atoms with Crippen molar-refractivity contribution in [3.8, 4) is 5.75 Å². The lowest BCUT2D eigenvalue weighted by Gasteiger charge is -2.46. The highest BCUT2D eigenvalue weighted by Gasteiger charge is 2.57. The SMILES string of the molecule is COc1ccc(NC(=O)N(Cc2cccc3ccccc23)CC2(O)CCC3c4ccc(cc4C(=O)C4CCCCC4)CC(O)CCC(C)=CCCC32C)cc1. The van der Waals surface area contributed by atoms with Crippen LogP contribution in [-0.2, 0) is 13.0 Å². The molecule has 2 bridgehead atoms. The summed E-state index contributed by atoms with van der Waals surface area (Å²) in [6.07, 6.45) is 11.5. The van der Waals surface area contributed by atoms with Crippen LogP contribution in [0.4, 0.5) is 10.5 Å². The monoisotopic (exact) mass is 742 g/mol. The van der Waals surface area contributed by atoms with Gasteiger partial charge in [-0.05, 0) is 128 Å². The van der Waals surface area contributed by atoms with Gasteiger partial charge in [0.1, 0.15) is 5.75 Å². The number of hydrogen-bond donors (Lipinski definition) is 3. The van der Waals surface area contributed by atoms with Crippen molar-refractivity contribution in [3.63, 3.8) is 0 Å². The van der Waals surface area contributed by atoms with Gasteiger partial charge in [-0.25, -0.2) is 4.79 Å². The van der Waals surface area contributed by atoms with E-state index in [9.17, 15) is 19.8 Å². The van der Waals surface area contributed by atoms with Gasteiger partial charge in [-0.2, -0.15) is 0 Å². The molecule has 4 unspecified atom stereocenters. The van der Waals surface area contributed by atoms with E-state index in [0.717, 1.165) is 71.6 Å². The summed E-state index contributed by atoms with van der Waals surface area (Å²) in [4.78, 5) is 30.8. The van der Waals surface area contributed by atoms with Crippen molar-refractivity contribution in [2.24, 2.45) is 11.3 Å². The molecule has 3 N–H and O–H groups in total. The highest BCUT2D eigenvalue weighted by molar-refractivity contribution is 5.99. The number of benzene rings is 4. The molecule has 8 rings (SSSR count). The van der Waals surface area contributed by atoms with E-state index >= 15 is 0 Å². The van der Waals surface area contributed by atoms with Gasteiger partial charge in [0.25, 0.3) is 0 Å². The van der Waals surface area contributed by atoms with Crippen molar-refractivity contribution < 1.29 is 24.5 Å². The van der Waals surface area contributed by atoms with Gasteiger partial charge in [0, 0.05) is 29.1 Å². The summed E-state index contributed by atoms with van der Waals surface area (Å²) in [5.41, 5.74) is 3.74. The van der Waals surface area contributed by atoms with Crippen LogP contribution in [-0.4, -0.2) is 52.3 Å². The zero-order valence-electron chi connectivity index (χ0n) is 32.9. The van der Waals surface area contributed by atoms with Crippen molar-refractivity contribution in [1.82, 2.24) is 4.90 Å². The molecular weight excluding hydrogens is 685 g/mol. The molecule has 4 aliphatic rings. The average molecular weight is 743 g/mol. The summed E-state index contributed by atoms with van der Waals surface area (Å²) in [5, 5.41) is 29.6. The number of urea groups is 1. The van der Waals surface area contributed by atoms with E-state index in [1.807, 2.05) is 42.5 Å². The zero-order valence-corrected chi connectivity index (χ0v) is 32.9. The molecule has 55 heavy (non-hydrogen) atoms. The molecule has 7 heteroatoms. The lowest BCUT2D eigenvalue weighted by atomic mass is 9.64. The van der Waals surface area contributed by atoms with E-state index in [0.29, 0.717) is 50.1 Å². The maximum atomic E-state index is 14.5. The number of nitrogens with zero attached hydrogens (tertiary/aromatic N) is 1. The van der Waals surface area contributed by atoms with Crippen LogP contribution in [0.5, 0.6) is 5.75 Å². The Morgan fingerprint density at radius 2 is 1.67 bits per heavy atom. The van der Waals surface area contributed by atoms with Crippen LogP contribution in [0.15, 0.2) is 96.6 Å². The van der Waals surface area contributed by atoms with Crippen LogP contribution in [0.2, 0.25) is 0 Å². The highest BCUT2D eigenvalue weighted by atomic mass is 16.5. The minimum Gasteiger partial charge on any atom is -0.497 e. The molecule has 0 aromatic heterocycles. The fourth-order valence-electron chi connectivity index (χ4n) is 9.83. The second kappa shape index (κ2) is 16.7. The first-order chi connectivity index (χ1) is 26.6. The van der Waals surface area contributed by atoms with Gasteiger partial charge in [-0.15, -0.1) is 0 Å². The molecule has 0 spiro atoms. The Hall–Kier alpha value is -4.46. The van der Waals surface area contributed by atoms with Gasteiger partial charge in [0.05, 0.1) is 25.4 Å². The third-order valence-corrected chi connectivity index (χ3v) is 13.2. The maximum absolute atomic E-state index is 14.5. The number of anilines is 1.